The van der Waals surface area contributed by atoms with Crippen LogP contribution in [0, 0.1) is 0 Å². The SMILES string of the molecule is N[C@@H](CC(Oc1ccc(Oc2ccccc2)cc1)C(=O)O)C(=O)O. The number of aliphatic carboxylic acids is 2. The van der Waals surface area contributed by atoms with Crippen LogP contribution in [0.5, 0.6) is 17.2 Å². The van der Waals surface area contributed by atoms with Crippen LogP contribution in [0.25, 0.3) is 0 Å². The van der Waals surface area contributed by atoms with Gasteiger partial charge in [-0.3, -0.25) is 4.79 Å². The first-order chi connectivity index (χ1) is 11.5. The number of carboxylic acid groups (broad SMARTS) is 2. The molecule has 0 aliphatic rings. The molecule has 0 aliphatic heterocycles. The zero-order valence-electron chi connectivity index (χ0n) is 12.7. The smallest absolute Gasteiger partial charge is 0.344 e. The van der Waals surface area contributed by atoms with Crippen molar-refractivity contribution >= 4 is 11.9 Å². The number of rotatable bonds is 8. The minimum absolute atomic E-state index is 0.278. The minimum atomic E-state index is -1.35. The predicted molar refractivity (Wildman–Crippen MR) is 85.2 cm³/mol. The Bertz CT molecular complexity index is 686. The monoisotopic (exact) mass is 331 g/mol. The average molecular weight is 331 g/mol. The number of nitrogens with two attached hydrogens (primary N) is 1. The second-order valence-electron chi connectivity index (χ2n) is 5.01. The van der Waals surface area contributed by atoms with Crippen LogP contribution in [0.4, 0.5) is 0 Å². The molecule has 4 N–H and O–H groups in total. The number of benzene rings is 2. The van der Waals surface area contributed by atoms with Crippen molar-refractivity contribution in [1.29, 1.82) is 0 Å². The first-order valence-electron chi connectivity index (χ1n) is 7.16. The standard InChI is InChI=1S/C17H17NO6/c18-14(16(19)20)10-15(17(21)22)24-13-8-6-12(7-9-13)23-11-4-2-1-3-5-11/h1-9,14-15H,10,18H2,(H,19,20)(H,21,22)/t14-,15?/m0/s1. The van der Waals surface area contributed by atoms with Gasteiger partial charge in [0.1, 0.15) is 23.3 Å². The number of ether oxygens (including phenoxy) is 2. The van der Waals surface area contributed by atoms with Crippen LogP contribution in [0.1, 0.15) is 6.42 Å². The van der Waals surface area contributed by atoms with E-state index >= 15 is 0 Å². The maximum atomic E-state index is 11.2. The van der Waals surface area contributed by atoms with Gasteiger partial charge in [-0.15, -0.1) is 0 Å². The van der Waals surface area contributed by atoms with E-state index in [1.807, 2.05) is 18.2 Å². The van der Waals surface area contributed by atoms with Crippen molar-refractivity contribution in [2.45, 2.75) is 18.6 Å². The van der Waals surface area contributed by atoms with Crippen molar-refractivity contribution in [2.24, 2.45) is 5.73 Å². The highest BCUT2D eigenvalue weighted by molar-refractivity contribution is 5.77. The van der Waals surface area contributed by atoms with E-state index in [9.17, 15) is 9.59 Å². The summed E-state index contributed by atoms with van der Waals surface area (Å²) in [7, 11) is 0. The fraction of sp³-hybridized carbons (Fsp3) is 0.176. The van der Waals surface area contributed by atoms with E-state index in [4.69, 9.17) is 25.4 Å². The maximum absolute atomic E-state index is 11.2. The van der Waals surface area contributed by atoms with Crippen LogP contribution >= 0.6 is 0 Å². The molecular formula is C17H17NO6. The van der Waals surface area contributed by atoms with Gasteiger partial charge in [0.05, 0.1) is 0 Å². The quantitative estimate of drug-likeness (QED) is 0.677. The van der Waals surface area contributed by atoms with Crippen LogP contribution in [0.2, 0.25) is 0 Å². The molecule has 0 saturated heterocycles. The largest absolute Gasteiger partial charge is 0.480 e. The lowest BCUT2D eigenvalue weighted by molar-refractivity contribution is -0.146. The molecule has 0 heterocycles. The highest BCUT2D eigenvalue weighted by atomic mass is 16.5. The van der Waals surface area contributed by atoms with Crippen molar-refractivity contribution in [3.63, 3.8) is 0 Å². The highest BCUT2D eigenvalue weighted by Gasteiger charge is 2.26. The molecule has 0 amide bonds. The molecule has 0 aromatic heterocycles. The molecule has 0 bridgehead atoms. The van der Waals surface area contributed by atoms with E-state index in [0.29, 0.717) is 11.5 Å². The zero-order chi connectivity index (χ0) is 17.5. The van der Waals surface area contributed by atoms with Crippen molar-refractivity contribution in [2.75, 3.05) is 0 Å². The van der Waals surface area contributed by atoms with E-state index in [2.05, 4.69) is 0 Å². The highest BCUT2D eigenvalue weighted by Crippen LogP contribution is 2.24. The van der Waals surface area contributed by atoms with Crippen LogP contribution in [-0.4, -0.2) is 34.3 Å². The molecule has 7 heteroatoms. The summed E-state index contributed by atoms with van der Waals surface area (Å²) in [6.45, 7) is 0. The number of carbonyl (C=O) groups is 2. The molecule has 126 valence electrons. The third kappa shape index (κ3) is 4.99. The first kappa shape index (κ1) is 17.3. The van der Waals surface area contributed by atoms with E-state index in [1.165, 1.54) is 0 Å². The van der Waals surface area contributed by atoms with E-state index in [-0.39, 0.29) is 12.2 Å². The molecule has 2 atom stereocenters. The summed E-state index contributed by atoms with van der Waals surface area (Å²) in [6, 6.07) is 14.2. The normalized spacial score (nSPS) is 12.9. The maximum Gasteiger partial charge on any atom is 0.344 e. The first-order valence-corrected chi connectivity index (χ1v) is 7.16. The Labute approximate surface area is 138 Å². The van der Waals surface area contributed by atoms with Gasteiger partial charge in [-0.2, -0.15) is 0 Å². The van der Waals surface area contributed by atoms with Gasteiger partial charge < -0.3 is 25.4 Å². The summed E-state index contributed by atoms with van der Waals surface area (Å²) in [5, 5.41) is 17.9. The van der Waals surface area contributed by atoms with E-state index < -0.39 is 24.1 Å². The molecule has 0 spiro atoms. The summed E-state index contributed by atoms with van der Waals surface area (Å²) in [5.74, 6) is -1.06. The fourth-order valence-electron chi connectivity index (χ4n) is 1.91. The molecule has 7 nitrogen and oxygen atoms in total. The van der Waals surface area contributed by atoms with Crippen LogP contribution in [-0.2, 0) is 9.59 Å². The summed E-state index contributed by atoms with van der Waals surface area (Å²) in [4.78, 5) is 21.9. The second-order valence-corrected chi connectivity index (χ2v) is 5.01. The minimum Gasteiger partial charge on any atom is -0.480 e. The molecule has 2 aromatic carbocycles. The molecule has 24 heavy (non-hydrogen) atoms. The van der Waals surface area contributed by atoms with Crippen molar-refractivity contribution in [1.82, 2.24) is 0 Å². The van der Waals surface area contributed by atoms with E-state index in [0.717, 1.165) is 0 Å². The predicted octanol–water partition coefficient (Wildman–Crippen LogP) is 2.11. The van der Waals surface area contributed by atoms with Gasteiger partial charge in [-0.1, -0.05) is 18.2 Å². The number of carboxylic acids is 2. The topological polar surface area (TPSA) is 119 Å². The van der Waals surface area contributed by atoms with E-state index in [1.54, 1.807) is 36.4 Å². The Balaban J connectivity index is 2.01. The van der Waals surface area contributed by atoms with Gasteiger partial charge in [-0.25, -0.2) is 4.79 Å². The summed E-state index contributed by atoms with van der Waals surface area (Å²) in [5.41, 5.74) is 5.36. The Morgan fingerprint density at radius 3 is 1.96 bits per heavy atom. The Morgan fingerprint density at radius 2 is 1.42 bits per heavy atom. The molecule has 0 radical (unpaired) electrons. The van der Waals surface area contributed by atoms with Gasteiger partial charge in [0, 0.05) is 6.42 Å². The third-order valence-electron chi connectivity index (χ3n) is 3.14. The molecule has 2 rings (SSSR count). The van der Waals surface area contributed by atoms with Gasteiger partial charge in [0.15, 0.2) is 6.10 Å². The molecule has 0 aliphatic carbocycles. The Morgan fingerprint density at radius 1 is 0.875 bits per heavy atom. The zero-order valence-corrected chi connectivity index (χ0v) is 12.7. The third-order valence-corrected chi connectivity index (χ3v) is 3.14. The summed E-state index contributed by atoms with van der Waals surface area (Å²) in [6.07, 6.45) is -1.69. The van der Waals surface area contributed by atoms with Crippen LogP contribution in [0.3, 0.4) is 0 Å². The molecule has 0 saturated carbocycles. The van der Waals surface area contributed by atoms with Crippen molar-refractivity contribution < 1.29 is 29.3 Å². The molecule has 0 fully saturated rings. The van der Waals surface area contributed by atoms with Crippen LogP contribution in [0.15, 0.2) is 54.6 Å². The lowest BCUT2D eigenvalue weighted by Gasteiger charge is -2.17. The molecule has 2 aromatic rings. The average Bonchev–Trinajstić information content (AvgIpc) is 2.56. The Hall–Kier alpha value is -3.06. The lowest BCUT2D eigenvalue weighted by atomic mass is 10.1. The van der Waals surface area contributed by atoms with Gasteiger partial charge in [-0.05, 0) is 36.4 Å². The second kappa shape index (κ2) is 7.98. The van der Waals surface area contributed by atoms with Gasteiger partial charge in [0.2, 0.25) is 0 Å². The Kier molecular flexibility index (Phi) is 5.75. The van der Waals surface area contributed by atoms with Gasteiger partial charge >= 0.3 is 11.9 Å². The molecular weight excluding hydrogens is 314 g/mol. The van der Waals surface area contributed by atoms with Crippen molar-refractivity contribution in [3.05, 3.63) is 54.6 Å². The van der Waals surface area contributed by atoms with Gasteiger partial charge in [0.25, 0.3) is 0 Å². The number of hydrogen-bond acceptors (Lipinski definition) is 5. The number of para-hydroxylation sites is 1. The summed E-state index contributed by atoms with van der Waals surface area (Å²) < 4.78 is 10.9. The summed E-state index contributed by atoms with van der Waals surface area (Å²) >= 11 is 0. The lowest BCUT2D eigenvalue weighted by Crippen LogP contribution is -2.39. The number of hydrogen-bond donors (Lipinski definition) is 3. The van der Waals surface area contributed by atoms with Crippen LogP contribution < -0.4 is 15.2 Å². The fourth-order valence-corrected chi connectivity index (χ4v) is 1.91. The van der Waals surface area contributed by atoms with Crippen molar-refractivity contribution in [3.8, 4) is 17.2 Å². The molecule has 1 unspecified atom stereocenters.